The first-order valence-electron chi connectivity index (χ1n) is 8.32. The smallest absolute Gasteiger partial charge is 0.322 e. The molecule has 132 valence electrons. The highest BCUT2D eigenvalue weighted by Crippen LogP contribution is 2.20. The van der Waals surface area contributed by atoms with Crippen molar-refractivity contribution >= 4 is 30.7 Å². The highest BCUT2D eigenvalue weighted by molar-refractivity contribution is 6.89. The van der Waals surface area contributed by atoms with Crippen molar-refractivity contribution in [3.8, 4) is 0 Å². The maximum absolute atomic E-state index is 12.0. The fourth-order valence-corrected chi connectivity index (χ4v) is 14.1. The Bertz CT molecular complexity index is 343. The average molecular weight is 363 g/mol. The number of nitrogens with zero attached hydrogens (tertiary/aromatic N) is 1. The molecule has 0 aromatic rings. The number of ether oxygens (including phenoxy) is 1. The minimum absolute atomic E-state index is 0.116. The van der Waals surface area contributed by atoms with Crippen molar-refractivity contribution < 1.29 is 9.53 Å². The van der Waals surface area contributed by atoms with Crippen LogP contribution < -0.4 is 4.98 Å². The molecule has 4 nitrogen and oxygen atoms in total. The molecule has 0 aliphatic heterocycles. The molecule has 0 saturated carbocycles. The van der Waals surface area contributed by atoms with Crippen molar-refractivity contribution in [2.45, 2.75) is 77.8 Å². The fourth-order valence-electron chi connectivity index (χ4n) is 3.04. The summed E-state index contributed by atoms with van der Waals surface area (Å²) in [5.74, 6) is -0.116. The number of esters is 1. The molecule has 0 amide bonds. The first-order valence-corrected chi connectivity index (χ1v) is 18.7. The van der Waals surface area contributed by atoms with Crippen LogP contribution in [0.25, 0.3) is 0 Å². The number of methoxy groups -OCH3 is 1. The summed E-state index contributed by atoms with van der Waals surface area (Å²) >= 11 is 0. The zero-order valence-corrected chi connectivity index (χ0v) is 19.5. The maximum atomic E-state index is 12.0. The predicted molar refractivity (Wildman–Crippen MR) is 105 cm³/mol. The molecule has 0 radical (unpaired) electrons. The average Bonchev–Trinajstić information content (AvgIpc) is 2.27. The molecular formula is C15H38N2O2Si3. The Morgan fingerprint density at radius 2 is 1.45 bits per heavy atom. The maximum Gasteiger partial charge on any atom is 0.322 e. The van der Waals surface area contributed by atoms with Crippen LogP contribution in [0.5, 0.6) is 0 Å². The minimum atomic E-state index is -1.50. The number of carbonyl (C=O) groups excluding carboxylic acids is 1. The van der Waals surface area contributed by atoms with Gasteiger partial charge < -0.3 is 14.0 Å². The van der Waals surface area contributed by atoms with Crippen molar-refractivity contribution in [2.24, 2.45) is 0 Å². The van der Waals surface area contributed by atoms with Crippen molar-refractivity contribution in [2.75, 3.05) is 13.7 Å². The minimum Gasteiger partial charge on any atom is -0.468 e. The lowest BCUT2D eigenvalue weighted by molar-refractivity contribution is -0.142. The second kappa shape index (κ2) is 8.23. The zero-order valence-electron chi connectivity index (χ0n) is 16.5. The van der Waals surface area contributed by atoms with Gasteiger partial charge in [0.05, 0.1) is 13.2 Å². The molecule has 0 fully saturated rings. The van der Waals surface area contributed by atoms with Crippen LogP contribution in [0.15, 0.2) is 0 Å². The highest BCUT2D eigenvalue weighted by atomic mass is 28.4. The van der Waals surface area contributed by atoms with Gasteiger partial charge in [0.15, 0.2) is 0 Å². The lowest BCUT2D eigenvalue weighted by Gasteiger charge is -2.43. The Hall–Kier alpha value is 0.0406. The Kier molecular flexibility index (Phi) is 8.25. The molecule has 0 saturated heterocycles. The van der Waals surface area contributed by atoms with E-state index in [1.165, 1.54) is 7.11 Å². The van der Waals surface area contributed by atoms with E-state index in [1.807, 2.05) is 0 Å². The lowest BCUT2D eigenvalue weighted by Crippen LogP contribution is -2.59. The van der Waals surface area contributed by atoms with Crippen LogP contribution in [0.4, 0.5) is 0 Å². The van der Waals surface area contributed by atoms with Gasteiger partial charge in [-0.1, -0.05) is 58.9 Å². The molecule has 7 heteroatoms. The van der Waals surface area contributed by atoms with Gasteiger partial charge in [-0.15, -0.1) is 0 Å². The van der Waals surface area contributed by atoms with Crippen LogP contribution in [0.1, 0.15) is 12.8 Å². The SMILES string of the molecule is COC(=O)C(CCCN([Si](C)(C)C)[Si](C)(C)C)N[Si](C)(C)C. The van der Waals surface area contributed by atoms with Crippen LogP contribution in [0, 0.1) is 0 Å². The molecule has 22 heavy (non-hydrogen) atoms. The summed E-state index contributed by atoms with van der Waals surface area (Å²) in [7, 11) is -2.63. The monoisotopic (exact) mass is 362 g/mol. The first-order chi connectivity index (χ1) is 9.68. The van der Waals surface area contributed by atoms with Crippen molar-refractivity contribution in [1.82, 2.24) is 9.21 Å². The van der Waals surface area contributed by atoms with E-state index in [-0.39, 0.29) is 12.0 Å². The Morgan fingerprint density at radius 3 is 1.77 bits per heavy atom. The number of hydrogen-bond acceptors (Lipinski definition) is 4. The molecule has 0 aliphatic rings. The Labute approximate surface area is 141 Å². The third-order valence-corrected chi connectivity index (χ3v) is 12.5. The van der Waals surface area contributed by atoms with Crippen LogP contribution >= 0.6 is 0 Å². The third-order valence-electron chi connectivity index (χ3n) is 3.59. The van der Waals surface area contributed by atoms with E-state index in [0.29, 0.717) is 0 Å². The Balaban J connectivity index is 4.75. The van der Waals surface area contributed by atoms with Gasteiger partial charge in [0.1, 0.15) is 24.7 Å². The fraction of sp³-hybridized carbons (Fsp3) is 0.933. The first kappa shape index (κ1) is 22.0. The lowest BCUT2D eigenvalue weighted by atomic mass is 10.2. The van der Waals surface area contributed by atoms with Crippen LogP contribution in [-0.4, -0.2) is 54.6 Å². The second-order valence-corrected chi connectivity index (χ2v) is 24.1. The molecule has 1 N–H and O–H groups in total. The van der Waals surface area contributed by atoms with E-state index in [2.05, 4.69) is 68.1 Å². The molecule has 0 aliphatic carbocycles. The van der Waals surface area contributed by atoms with Gasteiger partial charge in [-0.3, -0.25) is 4.79 Å². The van der Waals surface area contributed by atoms with E-state index in [9.17, 15) is 4.79 Å². The largest absolute Gasteiger partial charge is 0.468 e. The summed E-state index contributed by atoms with van der Waals surface area (Å²) in [5, 5.41) is 0. The van der Waals surface area contributed by atoms with Gasteiger partial charge in [0.2, 0.25) is 0 Å². The van der Waals surface area contributed by atoms with E-state index in [4.69, 9.17) is 4.74 Å². The van der Waals surface area contributed by atoms with Gasteiger partial charge in [0, 0.05) is 0 Å². The van der Waals surface area contributed by atoms with Gasteiger partial charge in [-0.25, -0.2) is 0 Å². The summed E-state index contributed by atoms with van der Waals surface area (Å²) in [5.41, 5.74) is 0. The second-order valence-electron chi connectivity index (χ2n) is 9.11. The molecule has 0 rings (SSSR count). The zero-order chi connectivity index (χ0) is 17.8. The van der Waals surface area contributed by atoms with Gasteiger partial charge in [0.25, 0.3) is 0 Å². The van der Waals surface area contributed by atoms with Gasteiger partial charge >= 0.3 is 5.97 Å². The molecule has 0 spiro atoms. The number of carbonyl (C=O) groups is 1. The molecule has 1 unspecified atom stereocenters. The van der Waals surface area contributed by atoms with E-state index in [1.54, 1.807) is 0 Å². The molecule has 0 aromatic carbocycles. The topological polar surface area (TPSA) is 41.6 Å². The van der Waals surface area contributed by atoms with Crippen LogP contribution in [0.2, 0.25) is 58.9 Å². The van der Waals surface area contributed by atoms with Crippen LogP contribution in [0.3, 0.4) is 0 Å². The Morgan fingerprint density at radius 1 is 1.00 bits per heavy atom. The number of nitrogens with one attached hydrogen (secondary N) is 1. The molecular weight excluding hydrogens is 324 g/mol. The summed E-state index contributed by atoms with van der Waals surface area (Å²) in [6.45, 7) is 22.3. The van der Waals surface area contributed by atoms with Crippen molar-refractivity contribution in [3.63, 3.8) is 0 Å². The van der Waals surface area contributed by atoms with E-state index < -0.39 is 24.7 Å². The normalized spacial score (nSPS) is 15.0. The molecule has 1 atom stereocenters. The summed E-state index contributed by atoms with van der Waals surface area (Å²) in [4.78, 5) is 15.5. The predicted octanol–water partition coefficient (Wildman–Crippen LogP) is 3.70. The van der Waals surface area contributed by atoms with Gasteiger partial charge in [-0.2, -0.15) is 0 Å². The van der Waals surface area contributed by atoms with Crippen molar-refractivity contribution in [1.29, 1.82) is 0 Å². The summed E-state index contributed by atoms with van der Waals surface area (Å²) in [6.07, 6.45) is 1.91. The highest BCUT2D eigenvalue weighted by Gasteiger charge is 2.34. The van der Waals surface area contributed by atoms with Crippen molar-refractivity contribution in [3.05, 3.63) is 0 Å². The summed E-state index contributed by atoms with van der Waals surface area (Å²) < 4.78 is 7.76. The molecule has 0 bridgehead atoms. The van der Waals surface area contributed by atoms with Gasteiger partial charge in [-0.05, 0) is 19.4 Å². The standard InChI is InChI=1S/C15H38N2O2Si3/c1-19-15(18)14(16-20(2,3)4)12-11-13-17(21(5,6)7)22(8,9)10/h14,16H,11-13H2,1-10H3. The summed E-state index contributed by atoms with van der Waals surface area (Å²) in [6, 6.07) is -0.151. The number of hydrogen-bond donors (Lipinski definition) is 1. The molecule has 0 heterocycles. The van der Waals surface area contributed by atoms with E-state index in [0.717, 1.165) is 19.4 Å². The van der Waals surface area contributed by atoms with E-state index >= 15 is 0 Å². The number of rotatable bonds is 9. The van der Waals surface area contributed by atoms with Crippen LogP contribution in [-0.2, 0) is 9.53 Å². The third kappa shape index (κ3) is 8.62. The molecule has 0 aromatic heterocycles. The quantitative estimate of drug-likeness (QED) is 0.501.